The van der Waals surface area contributed by atoms with Crippen LogP contribution in [0, 0.1) is 0 Å². The minimum atomic E-state index is -2.86. The Hall–Kier alpha value is -4.42. The number of phenolic OH excluding ortho intramolecular Hbond substituents is 2. The Balaban J connectivity index is 1.33. The standard InChI is InChI=1S/C38H45N2O10P/c1-4-48-51(49-25(2)50-51)24-47-33-17-9-26(10-18-33)21-34-36(43)37(44)35(29-11-19-32(46-3)20-12-29)40(23-28-7-15-31(42)16-8-28)38(45)39(34)22-27-5-13-30(41)14-6-27/h5-20,25,34-37,41-44,51H,4,21-24H2,1-3H3/t34-,35?,36+,37+/m1/s1. The van der Waals surface area contributed by atoms with Crippen molar-refractivity contribution < 1.29 is 48.3 Å². The van der Waals surface area contributed by atoms with E-state index in [2.05, 4.69) is 0 Å². The Kier molecular flexibility index (Phi) is 11.3. The van der Waals surface area contributed by atoms with Gasteiger partial charge in [0, 0.05) is 0 Å². The van der Waals surface area contributed by atoms with Gasteiger partial charge in [-0.3, -0.25) is 0 Å². The summed E-state index contributed by atoms with van der Waals surface area (Å²) < 4.78 is 28.6. The van der Waals surface area contributed by atoms with E-state index in [0.29, 0.717) is 23.7 Å². The van der Waals surface area contributed by atoms with Gasteiger partial charge in [0.2, 0.25) is 0 Å². The van der Waals surface area contributed by atoms with Crippen LogP contribution in [0.5, 0.6) is 23.0 Å². The molecule has 4 aromatic carbocycles. The van der Waals surface area contributed by atoms with E-state index < -0.39 is 38.3 Å². The first-order valence-electron chi connectivity index (χ1n) is 16.9. The Labute approximate surface area is 297 Å². The molecule has 2 heterocycles. The van der Waals surface area contributed by atoms with Crippen LogP contribution in [-0.2, 0) is 33.1 Å². The molecule has 0 spiro atoms. The number of carbonyl (C=O) groups excluding carboxylic acids is 1. The number of benzene rings is 4. The van der Waals surface area contributed by atoms with Gasteiger partial charge in [0.25, 0.3) is 0 Å². The fourth-order valence-electron chi connectivity index (χ4n) is 6.61. The van der Waals surface area contributed by atoms with Crippen LogP contribution >= 0.6 is 7.94 Å². The van der Waals surface area contributed by atoms with Crippen molar-refractivity contribution in [3.63, 3.8) is 0 Å². The van der Waals surface area contributed by atoms with Crippen LogP contribution in [0.3, 0.4) is 0 Å². The maximum absolute atomic E-state index is 14.9. The minimum absolute atomic E-state index is 0.0865. The van der Waals surface area contributed by atoms with Gasteiger partial charge >= 0.3 is 193 Å². The number of amides is 2. The van der Waals surface area contributed by atoms with Crippen LogP contribution in [-0.4, -0.2) is 80.9 Å². The molecule has 51 heavy (non-hydrogen) atoms. The predicted molar refractivity (Wildman–Crippen MR) is 191 cm³/mol. The van der Waals surface area contributed by atoms with E-state index in [-0.39, 0.29) is 43.6 Å². The van der Waals surface area contributed by atoms with Crippen molar-refractivity contribution in [3.8, 4) is 23.0 Å². The van der Waals surface area contributed by atoms with Gasteiger partial charge in [0.05, 0.1) is 7.11 Å². The number of hydrogen-bond acceptors (Lipinski definition) is 10. The number of aromatic hydroxyl groups is 2. The Morgan fingerprint density at radius 3 is 1.78 bits per heavy atom. The molecule has 0 aliphatic carbocycles. The molecule has 4 N–H and O–H groups in total. The number of aliphatic hydroxyl groups excluding tert-OH is 2. The van der Waals surface area contributed by atoms with Crippen molar-refractivity contribution in [2.75, 3.05) is 20.1 Å². The first-order valence-corrected chi connectivity index (χ1v) is 18.9. The van der Waals surface area contributed by atoms with Gasteiger partial charge in [0.1, 0.15) is 17.2 Å². The van der Waals surface area contributed by atoms with Crippen LogP contribution in [0.1, 0.15) is 42.1 Å². The molecule has 4 aromatic rings. The molecule has 12 nitrogen and oxygen atoms in total. The number of hydrogen-bond donors (Lipinski definition) is 4. The number of rotatable bonds is 13. The molecule has 2 saturated heterocycles. The van der Waals surface area contributed by atoms with E-state index >= 15 is 0 Å². The van der Waals surface area contributed by atoms with Gasteiger partial charge in [-0.1, -0.05) is 24.3 Å². The van der Waals surface area contributed by atoms with Gasteiger partial charge < -0.3 is 14.9 Å². The Morgan fingerprint density at radius 1 is 0.725 bits per heavy atom. The van der Waals surface area contributed by atoms with Crippen LogP contribution in [0.25, 0.3) is 0 Å². The molecule has 2 amide bonds. The number of aliphatic hydroxyl groups is 2. The quantitative estimate of drug-likeness (QED) is 0.123. The van der Waals surface area contributed by atoms with Crippen LogP contribution < -0.4 is 9.47 Å². The van der Waals surface area contributed by atoms with Gasteiger partial charge in [0.15, 0.2) is 0 Å². The second-order valence-electron chi connectivity index (χ2n) is 12.7. The molecule has 0 aromatic heterocycles. The third-order valence-electron chi connectivity index (χ3n) is 9.17. The summed E-state index contributed by atoms with van der Waals surface area (Å²) in [5, 5.41) is 44.0. The summed E-state index contributed by atoms with van der Waals surface area (Å²) in [6.45, 7) is 4.31. The molecule has 2 aliphatic rings. The zero-order chi connectivity index (χ0) is 36.1. The summed E-state index contributed by atoms with van der Waals surface area (Å²) >= 11 is 0. The molecule has 4 atom stereocenters. The summed E-state index contributed by atoms with van der Waals surface area (Å²) in [7, 11) is -1.31. The number of urea groups is 1. The first kappa shape index (κ1) is 36.4. The van der Waals surface area contributed by atoms with Gasteiger partial charge in [-0.05, 0) is 42.0 Å². The maximum atomic E-state index is 14.9. The van der Waals surface area contributed by atoms with E-state index in [9.17, 15) is 25.2 Å². The molecule has 2 fully saturated rings. The molecule has 0 bridgehead atoms. The Bertz CT molecular complexity index is 1730. The van der Waals surface area contributed by atoms with E-state index in [1.165, 1.54) is 0 Å². The summed E-state index contributed by atoms with van der Waals surface area (Å²) in [6.07, 6.45) is -2.71. The molecular weight excluding hydrogens is 675 g/mol. The van der Waals surface area contributed by atoms with E-state index in [0.717, 1.165) is 16.7 Å². The number of methoxy groups -OCH3 is 1. The van der Waals surface area contributed by atoms with Crippen LogP contribution in [0.4, 0.5) is 4.79 Å². The molecular formula is C38H45N2O10P. The van der Waals surface area contributed by atoms with Crippen LogP contribution in [0.2, 0.25) is 0 Å². The normalized spacial score (nSPS) is 23.6. The molecule has 1 unspecified atom stereocenters. The summed E-state index contributed by atoms with van der Waals surface area (Å²) in [6, 6.07) is 25.2. The molecule has 0 radical (unpaired) electrons. The van der Waals surface area contributed by atoms with E-state index in [4.69, 9.17) is 23.0 Å². The number of carbonyl (C=O) groups is 1. The second kappa shape index (κ2) is 15.9. The topological polar surface area (TPSA) is 151 Å². The van der Waals surface area contributed by atoms with Crippen molar-refractivity contribution in [3.05, 3.63) is 119 Å². The number of phenols is 2. The fraction of sp³-hybridized carbons (Fsp3) is 0.342. The number of nitrogens with zero attached hydrogens (tertiary/aromatic N) is 2. The molecule has 0 saturated carbocycles. The SMILES string of the molecule is CCO[PH]1(COc2ccc(C[C@@H]3[C@H](O)[C@@H](O)C(c4ccc(OC)cc4)N(Cc4ccc(O)cc4)C(=O)N3Cc3ccc(O)cc3)cc2)OC(C)O1. The molecule has 13 heteroatoms. The van der Waals surface area contributed by atoms with Crippen molar-refractivity contribution in [2.45, 2.75) is 63.9 Å². The average Bonchev–Trinajstić information content (AvgIpc) is 3.19. The van der Waals surface area contributed by atoms with Crippen molar-refractivity contribution in [1.29, 1.82) is 0 Å². The van der Waals surface area contributed by atoms with Crippen molar-refractivity contribution in [2.24, 2.45) is 0 Å². The average molecular weight is 721 g/mol. The van der Waals surface area contributed by atoms with Crippen molar-refractivity contribution >= 4 is 14.0 Å². The van der Waals surface area contributed by atoms with Crippen LogP contribution in [0.15, 0.2) is 97.1 Å². The van der Waals surface area contributed by atoms with E-state index in [1.807, 2.05) is 19.1 Å². The zero-order valence-electron chi connectivity index (χ0n) is 28.8. The number of ether oxygens (including phenoxy) is 2. The van der Waals surface area contributed by atoms with Gasteiger partial charge in [-0.25, -0.2) is 0 Å². The first-order chi connectivity index (χ1) is 24.6. The van der Waals surface area contributed by atoms with Crippen molar-refractivity contribution in [1.82, 2.24) is 9.80 Å². The third kappa shape index (κ3) is 8.39. The monoisotopic (exact) mass is 720 g/mol. The molecule has 6 rings (SSSR count). The van der Waals surface area contributed by atoms with Gasteiger partial charge in [-0.15, -0.1) is 0 Å². The van der Waals surface area contributed by atoms with Gasteiger partial charge in [-0.2, -0.15) is 0 Å². The summed E-state index contributed by atoms with van der Waals surface area (Å²) in [5.74, 6) is 1.36. The summed E-state index contributed by atoms with van der Waals surface area (Å²) in [4.78, 5) is 18.0. The Morgan fingerprint density at radius 2 is 1.25 bits per heavy atom. The third-order valence-corrected chi connectivity index (χ3v) is 11.8. The molecule has 272 valence electrons. The summed E-state index contributed by atoms with van der Waals surface area (Å²) in [5.41, 5.74) is 2.87. The zero-order valence-corrected chi connectivity index (χ0v) is 29.8. The second-order valence-corrected chi connectivity index (χ2v) is 15.1. The fourth-order valence-corrected chi connectivity index (χ4v) is 8.78. The predicted octanol–water partition coefficient (Wildman–Crippen LogP) is 5.88. The van der Waals surface area contributed by atoms with E-state index in [1.54, 1.807) is 109 Å². The molecule has 2 aliphatic heterocycles.